The fraction of sp³-hybridized carbons (Fsp3) is 0.333. The van der Waals surface area contributed by atoms with Crippen molar-refractivity contribution in [2.24, 2.45) is 5.92 Å². The van der Waals surface area contributed by atoms with Gasteiger partial charge in [0.15, 0.2) is 6.29 Å². The highest BCUT2D eigenvalue weighted by atomic mass is 19.4. The van der Waals surface area contributed by atoms with E-state index in [0.29, 0.717) is 18.2 Å². The van der Waals surface area contributed by atoms with Gasteiger partial charge in [-0.2, -0.15) is 8.78 Å². The normalized spacial score (nSPS) is 17.9. The number of hydrogen-bond donors (Lipinski definition) is 0. The topological polar surface area (TPSA) is 36.9 Å². The number of benzene rings is 3. The van der Waals surface area contributed by atoms with Crippen LogP contribution in [0.25, 0.3) is 11.1 Å². The Morgan fingerprint density at radius 3 is 1.98 bits per heavy atom. The van der Waals surface area contributed by atoms with E-state index < -0.39 is 53.3 Å². The van der Waals surface area contributed by atoms with E-state index in [1.54, 1.807) is 0 Å². The number of hydrogen-bond acceptors (Lipinski definition) is 4. The number of allylic oxidation sites excluding steroid dienone is 2. The molecule has 0 aromatic heterocycles. The lowest BCUT2D eigenvalue weighted by Crippen LogP contribution is -2.28. The first-order chi connectivity index (χ1) is 19.9. The maximum absolute atomic E-state index is 14.9. The number of rotatable bonds is 10. The van der Waals surface area contributed by atoms with Crippen molar-refractivity contribution < 1.29 is 54.1 Å². The van der Waals surface area contributed by atoms with Gasteiger partial charge in [0.05, 0.1) is 13.2 Å². The molecule has 0 unspecified atom stereocenters. The standard InChI is InChI=1S/C30H26F8O4/c1-2-3-4-5-6-18-16-39-28(40-17-18)20-13-25(32)27(26(33)14-20)29(34,35)41-22-11-12-23(24(31)15-22)19-7-9-21(10-8-19)42-30(36,37)38/h3-4,7-15,18,28H,2,5-6,16-17H2,1H3/b4-3+. The highest BCUT2D eigenvalue weighted by molar-refractivity contribution is 5.65. The Hall–Kier alpha value is -3.64. The van der Waals surface area contributed by atoms with Crippen LogP contribution < -0.4 is 9.47 Å². The van der Waals surface area contributed by atoms with Gasteiger partial charge in [0.25, 0.3) is 0 Å². The van der Waals surface area contributed by atoms with Crippen LogP contribution in [0, 0.1) is 23.4 Å². The van der Waals surface area contributed by atoms with Crippen LogP contribution in [0.2, 0.25) is 0 Å². The lowest BCUT2D eigenvalue weighted by atomic mass is 10.0. The van der Waals surface area contributed by atoms with E-state index in [2.05, 4.69) is 9.47 Å². The zero-order chi connectivity index (χ0) is 30.5. The maximum atomic E-state index is 14.9. The molecule has 3 aromatic rings. The lowest BCUT2D eigenvalue weighted by Gasteiger charge is -2.30. The molecule has 226 valence electrons. The summed E-state index contributed by atoms with van der Waals surface area (Å²) in [5, 5.41) is 0. The third-order valence-corrected chi connectivity index (χ3v) is 6.32. The Morgan fingerprint density at radius 2 is 1.40 bits per heavy atom. The molecule has 0 radical (unpaired) electrons. The predicted molar refractivity (Wildman–Crippen MR) is 136 cm³/mol. The van der Waals surface area contributed by atoms with Crippen LogP contribution in [0.4, 0.5) is 35.1 Å². The quantitative estimate of drug-likeness (QED) is 0.171. The molecule has 0 aliphatic carbocycles. The van der Waals surface area contributed by atoms with Gasteiger partial charge in [0.1, 0.15) is 34.5 Å². The second kappa shape index (κ2) is 13.1. The highest BCUT2D eigenvalue weighted by Crippen LogP contribution is 2.38. The molecule has 4 rings (SSSR count). The van der Waals surface area contributed by atoms with Crippen molar-refractivity contribution in [3.63, 3.8) is 0 Å². The Labute approximate surface area is 236 Å². The van der Waals surface area contributed by atoms with Gasteiger partial charge in [0, 0.05) is 23.1 Å². The molecule has 1 aliphatic heterocycles. The van der Waals surface area contributed by atoms with Crippen molar-refractivity contribution in [3.05, 3.63) is 95.3 Å². The average molecular weight is 603 g/mol. The van der Waals surface area contributed by atoms with Crippen molar-refractivity contribution in [1.82, 2.24) is 0 Å². The first-order valence-electron chi connectivity index (χ1n) is 13.0. The summed E-state index contributed by atoms with van der Waals surface area (Å²) in [5.41, 5.74) is -1.86. The summed E-state index contributed by atoms with van der Waals surface area (Å²) < 4.78 is 130. The van der Waals surface area contributed by atoms with Crippen LogP contribution in [-0.4, -0.2) is 19.6 Å². The van der Waals surface area contributed by atoms with Gasteiger partial charge in [-0.15, -0.1) is 13.2 Å². The van der Waals surface area contributed by atoms with E-state index in [-0.39, 0.29) is 35.8 Å². The van der Waals surface area contributed by atoms with Gasteiger partial charge < -0.3 is 18.9 Å². The van der Waals surface area contributed by atoms with E-state index in [4.69, 9.17) is 9.47 Å². The summed E-state index contributed by atoms with van der Waals surface area (Å²) in [7, 11) is 0. The van der Waals surface area contributed by atoms with Crippen LogP contribution in [0.15, 0.2) is 66.7 Å². The molecule has 1 heterocycles. The SMILES string of the molecule is CC/C=C/CCC1COC(c2cc(F)c(C(F)(F)Oc3ccc(-c4ccc(OC(F)(F)F)cc4)c(F)c3)c(F)c2)OC1. The van der Waals surface area contributed by atoms with Crippen molar-refractivity contribution >= 4 is 0 Å². The van der Waals surface area contributed by atoms with Gasteiger partial charge in [-0.3, -0.25) is 0 Å². The molecular formula is C30H26F8O4. The summed E-state index contributed by atoms with van der Waals surface area (Å²) in [4.78, 5) is 0. The molecule has 0 atom stereocenters. The van der Waals surface area contributed by atoms with Crippen molar-refractivity contribution in [2.45, 2.75) is 44.9 Å². The maximum Gasteiger partial charge on any atom is 0.573 e. The van der Waals surface area contributed by atoms with Gasteiger partial charge in [-0.1, -0.05) is 31.2 Å². The van der Waals surface area contributed by atoms with Gasteiger partial charge in [-0.05, 0) is 61.2 Å². The Balaban J connectivity index is 1.43. The summed E-state index contributed by atoms with van der Waals surface area (Å²) in [6.45, 7) is 2.55. The largest absolute Gasteiger partial charge is 0.573 e. The minimum atomic E-state index is -4.91. The molecule has 3 aromatic carbocycles. The fourth-order valence-electron chi connectivity index (χ4n) is 4.35. The first-order valence-corrected chi connectivity index (χ1v) is 13.0. The summed E-state index contributed by atoms with van der Waals surface area (Å²) in [6.07, 6.45) is -3.98. The Bertz CT molecular complexity index is 1360. The first kappa shape index (κ1) is 31.3. The van der Waals surface area contributed by atoms with Crippen LogP contribution in [0.3, 0.4) is 0 Å². The molecule has 1 aliphatic rings. The van der Waals surface area contributed by atoms with Crippen LogP contribution >= 0.6 is 0 Å². The average Bonchev–Trinajstić information content (AvgIpc) is 2.90. The van der Waals surface area contributed by atoms with E-state index in [1.807, 2.05) is 19.1 Å². The third kappa shape index (κ3) is 8.01. The van der Waals surface area contributed by atoms with Gasteiger partial charge in [-0.25, -0.2) is 13.2 Å². The number of ether oxygens (including phenoxy) is 4. The van der Waals surface area contributed by atoms with Crippen LogP contribution in [-0.2, 0) is 15.6 Å². The molecular weight excluding hydrogens is 576 g/mol. The predicted octanol–water partition coefficient (Wildman–Crippen LogP) is 9.21. The lowest BCUT2D eigenvalue weighted by molar-refractivity contribution is -0.274. The van der Waals surface area contributed by atoms with Crippen molar-refractivity contribution in [1.29, 1.82) is 0 Å². The summed E-state index contributed by atoms with van der Waals surface area (Å²) >= 11 is 0. The van der Waals surface area contributed by atoms with Crippen LogP contribution in [0.5, 0.6) is 11.5 Å². The van der Waals surface area contributed by atoms with E-state index in [0.717, 1.165) is 55.7 Å². The molecule has 42 heavy (non-hydrogen) atoms. The van der Waals surface area contributed by atoms with Crippen molar-refractivity contribution in [2.75, 3.05) is 13.2 Å². The molecule has 0 saturated carbocycles. The Morgan fingerprint density at radius 1 is 0.786 bits per heavy atom. The molecule has 1 fully saturated rings. The van der Waals surface area contributed by atoms with E-state index in [1.165, 1.54) is 0 Å². The molecule has 1 saturated heterocycles. The molecule has 0 amide bonds. The number of alkyl halides is 5. The molecule has 0 bridgehead atoms. The molecule has 12 heteroatoms. The monoisotopic (exact) mass is 602 g/mol. The highest BCUT2D eigenvalue weighted by Gasteiger charge is 2.42. The second-order valence-electron chi connectivity index (χ2n) is 9.51. The fourth-order valence-corrected chi connectivity index (χ4v) is 4.35. The zero-order valence-electron chi connectivity index (χ0n) is 22.2. The minimum Gasteiger partial charge on any atom is -0.429 e. The third-order valence-electron chi connectivity index (χ3n) is 6.32. The summed E-state index contributed by atoms with van der Waals surface area (Å²) in [5.74, 6) is -5.53. The smallest absolute Gasteiger partial charge is 0.429 e. The second-order valence-corrected chi connectivity index (χ2v) is 9.51. The summed E-state index contributed by atoms with van der Waals surface area (Å²) in [6, 6.07) is 8.01. The van der Waals surface area contributed by atoms with Crippen LogP contribution in [0.1, 0.15) is 43.6 Å². The van der Waals surface area contributed by atoms with Crippen molar-refractivity contribution in [3.8, 4) is 22.6 Å². The Kier molecular flexibility index (Phi) is 9.78. The van der Waals surface area contributed by atoms with Gasteiger partial charge in [0.2, 0.25) is 0 Å². The molecule has 0 N–H and O–H groups in total. The van der Waals surface area contributed by atoms with E-state index >= 15 is 0 Å². The van der Waals surface area contributed by atoms with E-state index in [9.17, 15) is 35.1 Å². The molecule has 0 spiro atoms. The zero-order valence-corrected chi connectivity index (χ0v) is 22.2. The minimum absolute atomic E-state index is 0.0732. The molecule has 4 nitrogen and oxygen atoms in total. The van der Waals surface area contributed by atoms with Gasteiger partial charge >= 0.3 is 12.5 Å². The number of halogens is 8.